The van der Waals surface area contributed by atoms with Crippen LogP contribution in [0.2, 0.25) is 0 Å². The molecule has 0 fully saturated rings. The highest BCUT2D eigenvalue weighted by molar-refractivity contribution is 9.10. The minimum Gasteiger partial charge on any atom is -0.480 e. The lowest BCUT2D eigenvalue weighted by Crippen LogP contribution is -2.41. The Labute approximate surface area is 140 Å². The molecule has 2 aromatic rings. The summed E-state index contributed by atoms with van der Waals surface area (Å²) in [5.41, 5.74) is 1.72. The largest absolute Gasteiger partial charge is 0.480 e. The smallest absolute Gasteiger partial charge is 0.327 e. The number of nitrogens with zero attached hydrogens (tertiary/aromatic N) is 1. The quantitative estimate of drug-likeness (QED) is 0.777. The molecule has 0 aliphatic heterocycles. The zero-order valence-corrected chi connectivity index (χ0v) is 14.5. The van der Waals surface area contributed by atoms with Gasteiger partial charge in [0.25, 0.3) is 0 Å². The van der Waals surface area contributed by atoms with Crippen molar-refractivity contribution in [2.45, 2.75) is 24.8 Å². The number of carboxylic acids is 1. The molecule has 0 saturated heterocycles. The summed E-state index contributed by atoms with van der Waals surface area (Å²) in [6.07, 6.45) is 0. The number of halogens is 1. The number of aromatic nitrogens is 1. The second-order valence-electron chi connectivity index (χ2n) is 4.83. The van der Waals surface area contributed by atoms with Crippen LogP contribution in [0.3, 0.4) is 0 Å². The van der Waals surface area contributed by atoms with E-state index in [0.29, 0.717) is 0 Å². The number of pyridine rings is 1. The molecule has 0 saturated carbocycles. The van der Waals surface area contributed by atoms with Gasteiger partial charge in [-0.15, -0.1) is 11.8 Å². The van der Waals surface area contributed by atoms with Crippen molar-refractivity contribution in [3.63, 3.8) is 0 Å². The van der Waals surface area contributed by atoms with Crippen LogP contribution >= 0.6 is 27.7 Å². The number of rotatable bonds is 5. The van der Waals surface area contributed by atoms with Crippen LogP contribution in [0, 0.1) is 6.92 Å². The summed E-state index contributed by atoms with van der Waals surface area (Å²) in [6, 6.07) is 6.79. The molecule has 5 nitrogen and oxygen atoms in total. The number of amides is 1. The van der Waals surface area contributed by atoms with E-state index < -0.39 is 12.0 Å². The first-order valence-corrected chi connectivity index (χ1v) is 8.34. The van der Waals surface area contributed by atoms with Gasteiger partial charge in [0.05, 0.1) is 5.52 Å². The van der Waals surface area contributed by atoms with Gasteiger partial charge in [0.2, 0.25) is 5.91 Å². The number of thioether (sulfide) groups is 1. The Morgan fingerprint density at radius 1 is 1.41 bits per heavy atom. The van der Waals surface area contributed by atoms with Crippen molar-refractivity contribution in [2.75, 3.05) is 5.75 Å². The lowest BCUT2D eigenvalue weighted by atomic mass is 10.2. The molecule has 0 spiro atoms. The number of aliphatic carboxylic acids is 1. The SMILES string of the molecule is CC(=O)N[C@H](CSc1cc(C)nc2ccc(Br)cc12)C(=O)O. The molecule has 1 heterocycles. The molecule has 0 aliphatic rings. The molecular formula is C15H15BrN2O3S. The molecular weight excluding hydrogens is 368 g/mol. The summed E-state index contributed by atoms with van der Waals surface area (Å²) < 4.78 is 0.934. The van der Waals surface area contributed by atoms with Crippen molar-refractivity contribution in [1.29, 1.82) is 0 Å². The summed E-state index contributed by atoms with van der Waals surface area (Å²) in [6.45, 7) is 3.21. The number of carboxylic acid groups (broad SMARTS) is 1. The molecule has 1 aromatic carbocycles. The van der Waals surface area contributed by atoms with E-state index in [1.807, 2.05) is 31.2 Å². The second-order valence-corrected chi connectivity index (χ2v) is 6.80. The van der Waals surface area contributed by atoms with Gasteiger partial charge < -0.3 is 10.4 Å². The molecule has 1 aromatic heterocycles. The molecule has 1 amide bonds. The molecule has 2 N–H and O–H groups in total. The third-order valence-corrected chi connectivity index (χ3v) is 4.58. The fraction of sp³-hybridized carbons (Fsp3) is 0.267. The molecule has 0 bridgehead atoms. The van der Waals surface area contributed by atoms with Crippen LogP contribution in [0.4, 0.5) is 0 Å². The van der Waals surface area contributed by atoms with Gasteiger partial charge in [-0.2, -0.15) is 0 Å². The molecule has 0 unspecified atom stereocenters. The molecule has 22 heavy (non-hydrogen) atoms. The van der Waals surface area contributed by atoms with Crippen molar-refractivity contribution < 1.29 is 14.7 Å². The van der Waals surface area contributed by atoms with Gasteiger partial charge in [0, 0.05) is 33.1 Å². The van der Waals surface area contributed by atoms with Crippen LogP contribution < -0.4 is 5.32 Å². The number of fused-ring (bicyclic) bond motifs is 1. The molecule has 1 atom stereocenters. The predicted octanol–water partition coefficient (Wildman–Crippen LogP) is 2.99. The van der Waals surface area contributed by atoms with Crippen molar-refractivity contribution >= 4 is 50.5 Å². The average Bonchev–Trinajstić information content (AvgIpc) is 2.43. The van der Waals surface area contributed by atoms with E-state index in [1.54, 1.807) is 0 Å². The van der Waals surface area contributed by atoms with Crippen molar-refractivity contribution in [1.82, 2.24) is 10.3 Å². The molecule has 7 heteroatoms. The highest BCUT2D eigenvalue weighted by Gasteiger charge is 2.19. The monoisotopic (exact) mass is 382 g/mol. The molecule has 2 rings (SSSR count). The van der Waals surface area contributed by atoms with E-state index in [1.165, 1.54) is 18.7 Å². The number of benzene rings is 1. The van der Waals surface area contributed by atoms with Crippen LogP contribution in [0.15, 0.2) is 33.6 Å². The van der Waals surface area contributed by atoms with Crippen LogP contribution in [0.5, 0.6) is 0 Å². The van der Waals surface area contributed by atoms with Crippen molar-refractivity contribution in [3.8, 4) is 0 Å². The normalized spacial score (nSPS) is 12.1. The Balaban J connectivity index is 2.28. The Morgan fingerprint density at radius 2 is 2.14 bits per heavy atom. The minimum atomic E-state index is -1.04. The van der Waals surface area contributed by atoms with Gasteiger partial charge in [-0.05, 0) is 31.2 Å². The van der Waals surface area contributed by atoms with E-state index in [4.69, 9.17) is 5.11 Å². The maximum Gasteiger partial charge on any atom is 0.327 e. The van der Waals surface area contributed by atoms with Crippen molar-refractivity contribution in [2.24, 2.45) is 0 Å². The molecule has 0 radical (unpaired) electrons. The first kappa shape index (κ1) is 16.8. The van der Waals surface area contributed by atoms with E-state index in [0.717, 1.165) is 26.0 Å². The number of carbonyl (C=O) groups excluding carboxylic acids is 1. The highest BCUT2D eigenvalue weighted by atomic mass is 79.9. The van der Waals surface area contributed by atoms with Gasteiger partial charge in [-0.25, -0.2) is 4.79 Å². The van der Waals surface area contributed by atoms with Crippen LogP contribution in [0.25, 0.3) is 10.9 Å². The lowest BCUT2D eigenvalue weighted by Gasteiger charge is -2.14. The van der Waals surface area contributed by atoms with E-state index in [2.05, 4.69) is 26.2 Å². The van der Waals surface area contributed by atoms with Gasteiger partial charge in [-0.3, -0.25) is 9.78 Å². The zero-order valence-electron chi connectivity index (χ0n) is 12.1. The first-order chi connectivity index (χ1) is 10.4. The summed E-state index contributed by atoms with van der Waals surface area (Å²) in [5.74, 6) is -1.15. The summed E-state index contributed by atoms with van der Waals surface area (Å²) >= 11 is 4.83. The Hall–Kier alpha value is -1.60. The summed E-state index contributed by atoms with van der Waals surface area (Å²) in [7, 11) is 0. The van der Waals surface area contributed by atoms with Crippen molar-refractivity contribution in [3.05, 3.63) is 34.4 Å². The van der Waals surface area contributed by atoms with Crippen LogP contribution in [-0.2, 0) is 9.59 Å². The van der Waals surface area contributed by atoms with Gasteiger partial charge >= 0.3 is 5.97 Å². The third-order valence-electron chi connectivity index (χ3n) is 2.94. The Kier molecular flexibility index (Phi) is 5.42. The topological polar surface area (TPSA) is 79.3 Å². The van der Waals surface area contributed by atoms with E-state index >= 15 is 0 Å². The van der Waals surface area contributed by atoms with E-state index in [-0.39, 0.29) is 11.7 Å². The minimum absolute atomic E-state index is 0.250. The second kappa shape index (κ2) is 7.11. The lowest BCUT2D eigenvalue weighted by molar-refractivity contribution is -0.140. The standard InChI is InChI=1S/C15H15BrN2O3S/c1-8-5-14(11-6-10(16)3-4-12(11)17-8)22-7-13(15(20)21)18-9(2)19/h3-6,13H,7H2,1-2H3,(H,18,19)(H,20,21)/t13-/m1/s1. The Bertz CT molecular complexity index is 736. The highest BCUT2D eigenvalue weighted by Crippen LogP contribution is 2.30. The number of aryl methyl sites for hydroxylation is 1. The molecule has 116 valence electrons. The third kappa shape index (κ3) is 4.20. The van der Waals surface area contributed by atoms with E-state index in [9.17, 15) is 9.59 Å². The number of hydrogen-bond acceptors (Lipinski definition) is 4. The maximum atomic E-state index is 11.2. The molecule has 0 aliphatic carbocycles. The van der Waals surface area contributed by atoms with Gasteiger partial charge in [0.1, 0.15) is 6.04 Å². The van der Waals surface area contributed by atoms with Gasteiger partial charge in [0.15, 0.2) is 0 Å². The summed E-state index contributed by atoms with van der Waals surface area (Å²) in [5, 5.41) is 12.6. The zero-order chi connectivity index (χ0) is 16.3. The fourth-order valence-electron chi connectivity index (χ4n) is 2.01. The fourth-order valence-corrected chi connectivity index (χ4v) is 3.51. The Morgan fingerprint density at radius 3 is 2.77 bits per heavy atom. The number of hydrogen-bond donors (Lipinski definition) is 2. The number of nitrogens with one attached hydrogen (secondary N) is 1. The van der Waals surface area contributed by atoms with Gasteiger partial charge in [-0.1, -0.05) is 15.9 Å². The number of carbonyl (C=O) groups is 2. The average molecular weight is 383 g/mol. The summed E-state index contributed by atoms with van der Waals surface area (Å²) in [4.78, 5) is 27.7. The predicted molar refractivity (Wildman–Crippen MR) is 90.1 cm³/mol. The van der Waals surface area contributed by atoms with Crippen LogP contribution in [-0.4, -0.2) is 33.8 Å². The maximum absolute atomic E-state index is 11.2. The van der Waals surface area contributed by atoms with Crippen LogP contribution in [0.1, 0.15) is 12.6 Å². The first-order valence-electron chi connectivity index (χ1n) is 6.56.